The summed E-state index contributed by atoms with van der Waals surface area (Å²) in [6.45, 7) is 9.61. The molecule has 1 unspecified atom stereocenters. The summed E-state index contributed by atoms with van der Waals surface area (Å²) in [6, 6.07) is 0. The first kappa shape index (κ1) is 14.5. The van der Waals surface area contributed by atoms with Crippen LogP contribution in [-0.2, 0) is 28.8 Å². The topological polar surface area (TPSA) is 80.3 Å². The molecule has 18 heavy (non-hydrogen) atoms. The van der Waals surface area contributed by atoms with Crippen LogP contribution in [0.4, 0.5) is 4.79 Å². The van der Waals surface area contributed by atoms with E-state index in [2.05, 4.69) is 16.4 Å². The van der Waals surface area contributed by atoms with Crippen molar-refractivity contribution in [1.82, 2.24) is 0 Å². The average Bonchev–Trinajstić information content (AvgIpc) is 2.10. The Kier molecular flexibility index (Phi) is 3.98. The predicted molar refractivity (Wildman–Crippen MR) is 58.0 cm³/mol. The molecular weight excluding hydrogens is 244 g/mol. The highest BCUT2D eigenvalue weighted by molar-refractivity contribution is 5.87. The van der Waals surface area contributed by atoms with Gasteiger partial charge < -0.3 is 14.2 Å². The molecule has 1 rings (SSSR count). The van der Waals surface area contributed by atoms with Crippen molar-refractivity contribution in [3.05, 3.63) is 12.2 Å². The molecule has 0 aliphatic carbocycles. The van der Waals surface area contributed by atoms with Gasteiger partial charge in [0.15, 0.2) is 6.61 Å². The van der Waals surface area contributed by atoms with Crippen molar-refractivity contribution in [2.24, 2.45) is 0 Å². The molecule has 1 atom stereocenters. The Morgan fingerprint density at radius 1 is 1.28 bits per heavy atom. The maximum atomic E-state index is 11.4. The lowest BCUT2D eigenvalue weighted by atomic mass is 10.2. The van der Waals surface area contributed by atoms with Crippen LogP contribution in [0.5, 0.6) is 0 Å². The Morgan fingerprint density at radius 2 is 1.83 bits per heavy atom. The van der Waals surface area contributed by atoms with Crippen molar-refractivity contribution in [3.8, 4) is 0 Å². The molecule has 0 bridgehead atoms. The molecule has 0 saturated carbocycles. The third kappa shape index (κ3) is 4.01. The highest BCUT2D eigenvalue weighted by Crippen LogP contribution is 2.27. The van der Waals surface area contributed by atoms with Gasteiger partial charge in [0.05, 0.1) is 0 Å². The fourth-order valence-corrected chi connectivity index (χ4v) is 0.895. The fourth-order valence-electron chi connectivity index (χ4n) is 0.895. The Morgan fingerprint density at radius 3 is 2.17 bits per heavy atom. The van der Waals surface area contributed by atoms with Crippen LogP contribution in [0.2, 0.25) is 0 Å². The van der Waals surface area contributed by atoms with Crippen molar-refractivity contribution in [2.45, 2.75) is 39.3 Å². The van der Waals surface area contributed by atoms with Gasteiger partial charge in [-0.15, -0.1) is 4.89 Å². The van der Waals surface area contributed by atoms with Gasteiger partial charge in [-0.25, -0.2) is 14.5 Å². The van der Waals surface area contributed by atoms with E-state index in [9.17, 15) is 9.59 Å². The molecule has 0 amide bonds. The molecule has 1 aliphatic heterocycles. The number of hydrogen-bond acceptors (Lipinski definition) is 7. The summed E-state index contributed by atoms with van der Waals surface area (Å²) < 4.78 is 14.5. The smallest absolute Gasteiger partial charge is 0.428 e. The van der Waals surface area contributed by atoms with Crippen LogP contribution < -0.4 is 0 Å². The average molecular weight is 260 g/mol. The van der Waals surface area contributed by atoms with Crippen molar-refractivity contribution in [2.75, 3.05) is 6.61 Å². The highest BCUT2D eigenvalue weighted by Gasteiger charge is 2.51. The first-order valence-corrected chi connectivity index (χ1v) is 5.25. The molecule has 0 radical (unpaired) electrons. The van der Waals surface area contributed by atoms with Crippen LogP contribution >= 0.6 is 0 Å². The second-order valence-corrected chi connectivity index (χ2v) is 4.76. The lowest BCUT2D eigenvalue weighted by Crippen LogP contribution is -2.54. The molecule has 1 aliphatic rings. The van der Waals surface area contributed by atoms with E-state index in [0.717, 1.165) is 0 Å². The summed E-state index contributed by atoms with van der Waals surface area (Å²) in [6.07, 6.45) is -1.03. The first-order chi connectivity index (χ1) is 8.14. The standard InChI is InChI=1S/C11H16O7/c1-7(2)8(12)15-11(6-14-18-11)17-9(13)16-10(3,4)5/h1,6H2,2-5H3. The number of hydrogen-bond donors (Lipinski definition) is 0. The minimum Gasteiger partial charge on any atom is -0.428 e. The van der Waals surface area contributed by atoms with E-state index in [4.69, 9.17) is 14.2 Å². The normalized spacial score (nSPS) is 22.7. The summed E-state index contributed by atoms with van der Waals surface area (Å²) in [5.74, 6) is -2.65. The molecule has 0 aromatic rings. The molecule has 1 saturated heterocycles. The maximum Gasteiger partial charge on any atom is 0.514 e. The number of esters is 1. The van der Waals surface area contributed by atoms with Crippen LogP contribution in [0.1, 0.15) is 27.7 Å². The van der Waals surface area contributed by atoms with Gasteiger partial charge in [0.2, 0.25) is 0 Å². The molecule has 0 spiro atoms. The molecular formula is C11H16O7. The molecule has 1 fully saturated rings. The van der Waals surface area contributed by atoms with E-state index in [-0.39, 0.29) is 12.2 Å². The van der Waals surface area contributed by atoms with Crippen molar-refractivity contribution in [3.63, 3.8) is 0 Å². The molecule has 7 heteroatoms. The number of ether oxygens (including phenoxy) is 3. The van der Waals surface area contributed by atoms with E-state index in [0.29, 0.717) is 0 Å². The van der Waals surface area contributed by atoms with Gasteiger partial charge in [-0.2, -0.15) is 0 Å². The summed E-state index contributed by atoms with van der Waals surface area (Å²) in [4.78, 5) is 31.7. The molecule has 0 N–H and O–H groups in total. The summed E-state index contributed by atoms with van der Waals surface area (Å²) in [5, 5.41) is 0. The minimum absolute atomic E-state index is 0.137. The molecule has 7 nitrogen and oxygen atoms in total. The Bertz CT molecular complexity index is 362. The maximum absolute atomic E-state index is 11.4. The van der Waals surface area contributed by atoms with Crippen LogP contribution in [-0.4, -0.2) is 30.3 Å². The minimum atomic E-state index is -1.89. The highest BCUT2D eigenvalue weighted by atomic mass is 17.3. The molecule has 1 heterocycles. The molecule has 0 aromatic carbocycles. The monoisotopic (exact) mass is 260 g/mol. The summed E-state index contributed by atoms with van der Waals surface area (Å²) >= 11 is 0. The largest absolute Gasteiger partial charge is 0.514 e. The number of carbonyl (C=O) groups is 2. The van der Waals surface area contributed by atoms with Gasteiger partial charge in [-0.3, -0.25) is 0 Å². The van der Waals surface area contributed by atoms with Crippen LogP contribution in [0.15, 0.2) is 12.2 Å². The van der Waals surface area contributed by atoms with Gasteiger partial charge >= 0.3 is 18.1 Å². The van der Waals surface area contributed by atoms with Crippen molar-refractivity contribution >= 4 is 12.1 Å². The van der Waals surface area contributed by atoms with E-state index in [1.54, 1.807) is 20.8 Å². The fraction of sp³-hybridized carbons (Fsp3) is 0.636. The van der Waals surface area contributed by atoms with Gasteiger partial charge in [0, 0.05) is 5.57 Å². The SMILES string of the molecule is C=C(C)C(=O)OC1(OC(=O)OC(C)(C)C)COO1. The van der Waals surface area contributed by atoms with Crippen LogP contribution in [0.25, 0.3) is 0 Å². The van der Waals surface area contributed by atoms with E-state index in [1.165, 1.54) is 6.92 Å². The number of rotatable bonds is 3. The predicted octanol–water partition coefficient (Wildman–Crippen LogP) is 1.67. The second-order valence-electron chi connectivity index (χ2n) is 4.76. The van der Waals surface area contributed by atoms with Crippen LogP contribution in [0.3, 0.4) is 0 Å². The Labute approximate surface area is 105 Å². The van der Waals surface area contributed by atoms with Gasteiger partial charge in [-0.1, -0.05) is 6.58 Å². The Hall–Kier alpha value is -1.60. The zero-order valence-electron chi connectivity index (χ0n) is 10.8. The molecule has 102 valence electrons. The van der Waals surface area contributed by atoms with Gasteiger partial charge in [0.1, 0.15) is 5.60 Å². The third-order valence-electron chi connectivity index (χ3n) is 1.65. The summed E-state index contributed by atoms with van der Waals surface area (Å²) in [7, 11) is 0. The quantitative estimate of drug-likeness (QED) is 0.330. The summed E-state index contributed by atoms with van der Waals surface area (Å²) in [5.41, 5.74) is -0.598. The van der Waals surface area contributed by atoms with Crippen LogP contribution in [0, 0.1) is 0 Å². The van der Waals surface area contributed by atoms with Gasteiger partial charge in [-0.05, 0) is 27.7 Å². The second kappa shape index (κ2) is 4.95. The van der Waals surface area contributed by atoms with E-state index < -0.39 is 23.7 Å². The van der Waals surface area contributed by atoms with E-state index in [1.807, 2.05) is 0 Å². The lowest BCUT2D eigenvalue weighted by molar-refractivity contribution is -0.587. The third-order valence-corrected chi connectivity index (χ3v) is 1.65. The van der Waals surface area contributed by atoms with Crippen molar-refractivity contribution in [1.29, 1.82) is 0 Å². The molecule has 0 aromatic heterocycles. The lowest BCUT2D eigenvalue weighted by Gasteiger charge is -2.36. The zero-order chi connectivity index (χ0) is 14.0. The van der Waals surface area contributed by atoms with E-state index >= 15 is 0 Å². The Balaban J connectivity index is 2.58. The van der Waals surface area contributed by atoms with Crippen molar-refractivity contribution < 1.29 is 33.6 Å². The van der Waals surface area contributed by atoms with Gasteiger partial charge in [0.25, 0.3) is 0 Å². The number of carbonyl (C=O) groups excluding carboxylic acids is 2. The first-order valence-electron chi connectivity index (χ1n) is 5.25. The zero-order valence-corrected chi connectivity index (χ0v) is 10.8.